The Morgan fingerprint density at radius 1 is 1.00 bits per heavy atom. The molecular formula is C25H18Cl4N2O3S. The van der Waals surface area contributed by atoms with Crippen molar-refractivity contribution < 1.29 is 14.3 Å². The van der Waals surface area contributed by atoms with E-state index in [1.54, 1.807) is 42.5 Å². The Kier molecular flexibility index (Phi) is 8.19. The van der Waals surface area contributed by atoms with Gasteiger partial charge in [0, 0.05) is 20.6 Å². The molecule has 1 amide bonds. The maximum Gasteiger partial charge on any atom is 0.264 e. The van der Waals surface area contributed by atoms with Gasteiger partial charge in [-0.2, -0.15) is 0 Å². The second-order valence-corrected chi connectivity index (χ2v) is 10.2. The number of hydrogen-bond donors (Lipinski definition) is 1. The highest BCUT2D eigenvalue weighted by Crippen LogP contribution is 2.39. The molecule has 10 heteroatoms. The van der Waals surface area contributed by atoms with Crippen LogP contribution in [-0.4, -0.2) is 18.2 Å². The van der Waals surface area contributed by atoms with Gasteiger partial charge in [-0.3, -0.25) is 4.79 Å². The van der Waals surface area contributed by atoms with E-state index in [-0.39, 0.29) is 12.5 Å². The van der Waals surface area contributed by atoms with Crippen molar-refractivity contribution in [1.29, 1.82) is 0 Å². The topological polar surface area (TPSA) is 59.9 Å². The molecule has 1 heterocycles. The minimum absolute atomic E-state index is 0.174. The fourth-order valence-electron chi connectivity index (χ4n) is 3.15. The monoisotopic (exact) mass is 566 g/mol. The van der Waals surface area contributed by atoms with Crippen LogP contribution in [0.3, 0.4) is 0 Å². The lowest BCUT2D eigenvalue weighted by atomic mass is 10.1. The van der Waals surface area contributed by atoms with E-state index in [1.165, 1.54) is 18.9 Å². The Morgan fingerprint density at radius 2 is 1.80 bits per heavy atom. The van der Waals surface area contributed by atoms with Crippen LogP contribution in [-0.2, 0) is 11.4 Å². The van der Waals surface area contributed by atoms with E-state index in [0.717, 1.165) is 11.1 Å². The van der Waals surface area contributed by atoms with Crippen molar-refractivity contribution in [2.24, 2.45) is 4.99 Å². The maximum atomic E-state index is 12.5. The number of hydrogen-bond acceptors (Lipinski definition) is 5. The van der Waals surface area contributed by atoms with Crippen LogP contribution in [0.2, 0.25) is 20.1 Å². The molecule has 1 aliphatic rings. The van der Waals surface area contributed by atoms with Crippen LogP contribution in [0, 0.1) is 6.92 Å². The molecule has 0 atom stereocenters. The highest BCUT2D eigenvalue weighted by molar-refractivity contribution is 8.18. The molecule has 0 bridgehead atoms. The van der Waals surface area contributed by atoms with E-state index >= 15 is 0 Å². The molecule has 0 saturated carbocycles. The lowest BCUT2D eigenvalue weighted by Crippen LogP contribution is -2.19. The zero-order chi connectivity index (χ0) is 25.1. The number of nitrogens with zero attached hydrogens (tertiary/aromatic N) is 1. The highest BCUT2D eigenvalue weighted by Gasteiger charge is 2.24. The summed E-state index contributed by atoms with van der Waals surface area (Å²) in [5.41, 5.74) is 3.02. The van der Waals surface area contributed by atoms with Crippen LogP contribution in [0.15, 0.2) is 58.4 Å². The fourth-order valence-corrected chi connectivity index (χ4v) is 4.91. The molecule has 1 N–H and O–H groups in total. The van der Waals surface area contributed by atoms with Crippen molar-refractivity contribution in [2.75, 3.05) is 7.11 Å². The Hall–Kier alpha value is -2.35. The predicted octanol–water partition coefficient (Wildman–Crippen LogP) is 8.09. The average Bonchev–Trinajstić information content (AvgIpc) is 3.14. The lowest BCUT2D eigenvalue weighted by Gasteiger charge is -2.14. The first-order valence-corrected chi connectivity index (χ1v) is 12.6. The van der Waals surface area contributed by atoms with Crippen LogP contribution < -0.4 is 14.8 Å². The minimum Gasteiger partial charge on any atom is -0.493 e. The number of aliphatic imine (C=N–C) groups is 1. The van der Waals surface area contributed by atoms with Gasteiger partial charge < -0.3 is 14.8 Å². The van der Waals surface area contributed by atoms with Crippen molar-refractivity contribution in [3.8, 4) is 11.5 Å². The molecule has 1 saturated heterocycles. The fraction of sp³-hybridized carbons (Fsp3) is 0.120. The molecule has 3 aromatic rings. The number of amidine groups is 1. The van der Waals surface area contributed by atoms with Gasteiger partial charge in [0.1, 0.15) is 6.61 Å². The SMILES string of the molecule is COc1cc(/C=C2\SC(=Nc3ccc(C)c(Cl)c3)NC2=O)cc(Cl)c1OCc1ccc(Cl)cc1Cl. The number of carbonyl (C=O) groups is 1. The molecule has 4 rings (SSSR count). The zero-order valence-electron chi connectivity index (χ0n) is 18.5. The number of nitrogens with one attached hydrogen (secondary N) is 1. The molecule has 1 aliphatic heterocycles. The largest absolute Gasteiger partial charge is 0.493 e. The standard InChI is InChI=1S/C25H18Cl4N2O3S/c1-13-3-6-17(11-18(13)27)30-25-31-24(32)22(35-25)9-14-7-20(29)23(21(8-14)33-2)34-12-15-4-5-16(26)10-19(15)28/h3-11H,12H2,1-2H3,(H,30,31,32)/b22-9-. The second-order valence-electron chi connectivity index (χ2n) is 7.47. The summed E-state index contributed by atoms with van der Waals surface area (Å²) >= 11 is 26.1. The number of benzene rings is 3. The Labute approximate surface area is 227 Å². The maximum absolute atomic E-state index is 12.5. The van der Waals surface area contributed by atoms with Crippen molar-refractivity contribution in [3.63, 3.8) is 0 Å². The third-order valence-electron chi connectivity index (χ3n) is 4.97. The van der Waals surface area contributed by atoms with Crippen molar-refractivity contribution in [2.45, 2.75) is 13.5 Å². The molecule has 0 spiro atoms. The van der Waals surface area contributed by atoms with Crippen LogP contribution in [0.1, 0.15) is 16.7 Å². The summed E-state index contributed by atoms with van der Waals surface area (Å²) in [4.78, 5) is 17.4. The summed E-state index contributed by atoms with van der Waals surface area (Å²) in [6.45, 7) is 2.09. The van der Waals surface area contributed by atoms with Crippen LogP contribution in [0.4, 0.5) is 5.69 Å². The first-order valence-electron chi connectivity index (χ1n) is 10.2. The number of halogens is 4. The van der Waals surface area contributed by atoms with Crippen LogP contribution in [0.25, 0.3) is 6.08 Å². The molecule has 180 valence electrons. The van der Waals surface area contributed by atoms with E-state index in [1.807, 2.05) is 19.1 Å². The second kappa shape index (κ2) is 11.1. The predicted molar refractivity (Wildman–Crippen MR) is 146 cm³/mol. The summed E-state index contributed by atoms with van der Waals surface area (Å²) in [5, 5.41) is 5.18. The third kappa shape index (κ3) is 6.26. The van der Waals surface area contributed by atoms with Crippen LogP contribution in [0.5, 0.6) is 11.5 Å². The van der Waals surface area contributed by atoms with Gasteiger partial charge in [0.15, 0.2) is 16.7 Å². The van der Waals surface area contributed by atoms with Gasteiger partial charge in [0.05, 0.1) is 22.7 Å². The molecule has 0 radical (unpaired) electrons. The normalized spacial score (nSPS) is 15.5. The first-order chi connectivity index (χ1) is 16.7. The van der Waals surface area contributed by atoms with Gasteiger partial charge in [0.25, 0.3) is 5.91 Å². The Morgan fingerprint density at radius 3 is 2.51 bits per heavy atom. The number of aryl methyl sites for hydroxylation is 1. The van der Waals surface area contributed by atoms with E-state index in [9.17, 15) is 4.79 Å². The van der Waals surface area contributed by atoms with E-state index in [4.69, 9.17) is 55.9 Å². The highest BCUT2D eigenvalue weighted by atomic mass is 35.5. The molecule has 0 aliphatic carbocycles. The number of carbonyl (C=O) groups excluding carboxylic acids is 1. The first kappa shape index (κ1) is 25.7. The zero-order valence-corrected chi connectivity index (χ0v) is 22.3. The molecule has 3 aromatic carbocycles. The molecule has 1 fully saturated rings. The average molecular weight is 568 g/mol. The van der Waals surface area contributed by atoms with Crippen molar-refractivity contribution in [1.82, 2.24) is 5.32 Å². The summed E-state index contributed by atoms with van der Waals surface area (Å²) < 4.78 is 11.4. The third-order valence-corrected chi connectivity index (χ3v) is 7.16. The number of thioether (sulfide) groups is 1. The summed E-state index contributed by atoms with van der Waals surface area (Å²) in [5.74, 6) is 0.519. The molecule has 5 nitrogen and oxygen atoms in total. The summed E-state index contributed by atoms with van der Waals surface area (Å²) in [6.07, 6.45) is 1.71. The van der Waals surface area contributed by atoms with Crippen molar-refractivity contribution in [3.05, 3.63) is 90.2 Å². The Bertz CT molecular complexity index is 1380. The lowest BCUT2D eigenvalue weighted by molar-refractivity contribution is -0.115. The molecule has 35 heavy (non-hydrogen) atoms. The minimum atomic E-state index is -0.264. The van der Waals surface area contributed by atoms with Gasteiger partial charge in [-0.05, 0) is 72.3 Å². The molecule has 0 unspecified atom stereocenters. The number of methoxy groups -OCH3 is 1. The molecule has 0 aromatic heterocycles. The quantitative estimate of drug-likeness (QED) is 0.306. The van der Waals surface area contributed by atoms with Gasteiger partial charge in [-0.15, -0.1) is 0 Å². The summed E-state index contributed by atoms with van der Waals surface area (Å²) in [6, 6.07) is 14.0. The number of rotatable bonds is 6. The smallest absolute Gasteiger partial charge is 0.264 e. The van der Waals surface area contributed by atoms with Gasteiger partial charge in [0.2, 0.25) is 0 Å². The van der Waals surface area contributed by atoms with Crippen LogP contribution >= 0.6 is 58.2 Å². The number of ether oxygens (including phenoxy) is 2. The summed E-state index contributed by atoms with van der Waals surface area (Å²) in [7, 11) is 1.51. The van der Waals surface area contributed by atoms with E-state index in [2.05, 4.69) is 10.3 Å². The van der Waals surface area contributed by atoms with Gasteiger partial charge in [-0.1, -0.05) is 58.5 Å². The van der Waals surface area contributed by atoms with Crippen molar-refractivity contribution >= 4 is 81.0 Å². The number of amides is 1. The van der Waals surface area contributed by atoms with E-state index in [0.29, 0.717) is 52.9 Å². The Balaban J connectivity index is 1.54. The van der Waals surface area contributed by atoms with Gasteiger partial charge >= 0.3 is 0 Å². The van der Waals surface area contributed by atoms with E-state index < -0.39 is 0 Å². The molecular weight excluding hydrogens is 550 g/mol. The van der Waals surface area contributed by atoms with Gasteiger partial charge in [-0.25, -0.2) is 4.99 Å².